The van der Waals surface area contributed by atoms with Gasteiger partial charge >= 0.3 is 5.97 Å². The van der Waals surface area contributed by atoms with Crippen molar-refractivity contribution in [2.45, 2.75) is 18.7 Å². The number of carbonyl (C=O) groups is 1. The molecule has 1 rings (SSSR count). The molecular formula is C13H16N2O4S. The van der Waals surface area contributed by atoms with Gasteiger partial charge in [0, 0.05) is 13.6 Å². The molecule has 1 N–H and O–H groups in total. The molecule has 1 aromatic rings. The molecule has 20 heavy (non-hydrogen) atoms. The van der Waals surface area contributed by atoms with Gasteiger partial charge in [-0.3, -0.25) is 4.79 Å². The van der Waals surface area contributed by atoms with Gasteiger partial charge in [-0.2, -0.15) is 5.26 Å². The molecular weight excluding hydrogens is 280 g/mol. The van der Waals surface area contributed by atoms with Gasteiger partial charge in [0.25, 0.3) is 0 Å². The Morgan fingerprint density at radius 1 is 1.50 bits per heavy atom. The first-order chi connectivity index (χ1) is 9.20. The summed E-state index contributed by atoms with van der Waals surface area (Å²) in [5.41, 5.74) is 0.835. The molecule has 0 aliphatic carbocycles. The van der Waals surface area contributed by atoms with Crippen LogP contribution >= 0.6 is 0 Å². The summed E-state index contributed by atoms with van der Waals surface area (Å²) in [7, 11) is -2.42. The largest absolute Gasteiger partial charge is 0.481 e. The van der Waals surface area contributed by atoms with E-state index in [1.54, 1.807) is 6.92 Å². The van der Waals surface area contributed by atoms with Crippen molar-refractivity contribution in [3.8, 4) is 6.07 Å². The van der Waals surface area contributed by atoms with Crippen LogP contribution in [-0.2, 0) is 14.8 Å². The first kappa shape index (κ1) is 16.1. The number of benzene rings is 1. The highest BCUT2D eigenvalue weighted by Gasteiger charge is 2.26. The van der Waals surface area contributed by atoms with Gasteiger partial charge in [-0.15, -0.1) is 0 Å². The molecule has 108 valence electrons. The van der Waals surface area contributed by atoms with Gasteiger partial charge in [0.2, 0.25) is 10.0 Å². The Morgan fingerprint density at radius 2 is 2.10 bits per heavy atom. The molecule has 0 fully saturated rings. The number of carboxylic acids is 1. The van der Waals surface area contributed by atoms with Gasteiger partial charge in [-0.1, -0.05) is 6.92 Å². The van der Waals surface area contributed by atoms with Crippen LogP contribution in [0.25, 0.3) is 0 Å². The lowest BCUT2D eigenvalue weighted by molar-refractivity contribution is -0.141. The van der Waals surface area contributed by atoms with Crippen molar-refractivity contribution in [2.24, 2.45) is 5.92 Å². The smallest absolute Gasteiger partial charge is 0.307 e. The second kappa shape index (κ2) is 6.03. The zero-order chi connectivity index (χ0) is 15.5. The molecule has 0 bridgehead atoms. The highest BCUT2D eigenvalue weighted by Crippen LogP contribution is 2.20. The fourth-order valence-corrected chi connectivity index (χ4v) is 3.20. The van der Waals surface area contributed by atoms with E-state index in [1.165, 1.54) is 32.2 Å². The minimum absolute atomic E-state index is 0.0802. The normalized spacial score (nSPS) is 12.9. The van der Waals surface area contributed by atoms with Gasteiger partial charge in [0.05, 0.1) is 22.4 Å². The van der Waals surface area contributed by atoms with Crippen molar-refractivity contribution >= 4 is 16.0 Å². The van der Waals surface area contributed by atoms with Crippen LogP contribution < -0.4 is 0 Å². The molecule has 0 aliphatic heterocycles. The molecule has 0 saturated heterocycles. The van der Waals surface area contributed by atoms with E-state index in [4.69, 9.17) is 10.4 Å². The summed E-state index contributed by atoms with van der Waals surface area (Å²) in [6.07, 6.45) is 0. The third-order valence-electron chi connectivity index (χ3n) is 2.94. The van der Waals surface area contributed by atoms with E-state index < -0.39 is 21.9 Å². The van der Waals surface area contributed by atoms with Crippen LogP contribution in [0.2, 0.25) is 0 Å². The Kier molecular flexibility index (Phi) is 4.87. The third kappa shape index (κ3) is 3.35. The fourth-order valence-electron chi connectivity index (χ4n) is 1.74. The van der Waals surface area contributed by atoms with E-state index in [0.29, 0.717) is 11.1 Å². The third-order valence-corrected chi connectivity index (χ3v) is 4.93. The van der Waals surface area contributed by atoms with E-state index >= 15 is 0 Å². The van der Waals surface area contributed by atoms with Crippen LogP contribution in [0.3, 0.4) is 0 Å². The van der Waals surface area contributed by atoms with Crippen LogP contribution in [0.1, 0.15) is 18.1 Å². The molecule has 0 amide bonds. The number of sulfonamides is 1. The summed E-state index contributed by atoms with van der Waals surface area (Å²) >= 11 is 0. The van der Waals surface area contributed by atoms with E-state index in [1.807, 2.05) is 6.07 Å². The second-order valence-electron chi connectivity index (χ2n) is 4.62. The Morgan fingerprint density at radius 3 is 2.55 bits per heavy atom. The number of aliphatic carboxylic acids is 1. The molecule has 1 aromatic carbocycles. The lowest BCUT2D eigenvalue weighted by atomic mass is 10.2. The average Bonchev–Trinajstić information content (AvgIpc) is 2.37. The molecule has 0 aromatic heterocycles. The van der Waals surface area contributed by atoms with Crippen molar-refractivity contribution in [3.63, 3.8) is 0 Å². The highest BCUT2D eigenvalue weighted by molar-refractivity contribution is 7.89. The number of nitrogens with zero attached hydrogens (tertiary/aromatic N) is 2. The highest BCUT2D eigenvalue weighted by atomic mass is 32.2. The predicted octanol–water partition coefficient (Wildman–Crippen LogP) is 1.21. The Balaban J connectivity index is 3.11. The fraction of sp³-hybridized carbons (Fsp3) is 0.385. The average molecular weight is 296 g/mol. The second-order valence-corrected chi connectivity index (χ2v) is 6.63. The zero-order valence-corrected chi connectivity index (χ0v) is 12.3. The molecule has 0 radical (unpaired) electrons. The number of carboxylic acid groups (broad SMARTS) is 1. The van der Waals surface area contributed by atoms with Crippen LogP contribution in [0.4, 0.5) is 0 Å². The summed E-state index contributed by atoms with van der Waals surface area (Å²) in [6, 6.07) is 6.22. The van der Waals surface area contributed by atoms with Crippen molar-refractivity contribution in [3.05, 3.63) is 29.3 Å². The molecule has 7 heteroatoms. The van der Waals surface area contributed by atoms with E-state index in [2.05, 4.69) is 0 Å². The summed E-state index contributed by atoms with van der Waals surface area (Å²) in [4.78, 5) is 10.9. The quantitative estimate of drug-likeness (QED) is 0.880. The van der Waals surface area contributed by atoms with Crippen molar-refractivity contribution in [2.75, 3.05) is 13.6 Å². The van der Waals surface area contributed by atoms with Crippen molar-refractivity contribution < 1.29 is 18.3 Å². The molecule has 0 aliphatic rings. The number of aryl methyl sites for hydroxylation is 1. The molecule has 1 atom stereocenters. The minimum atomic E-state index is -3.76. The molecule has 0 saturated carbocycles. The summed E-state index contributed by atoms with van der Waals surface area (Å²) < 4.78 is 25.7. The standard InChI is InChI=1S/C13H16N2O4S/c1-9-6-11(7-14)4-5-12(9)20(18,19)15(3)8-10(2)13(16)17/h4-6,10H,8H2,1-3H3,(H,16,17). The number of nitriles is 1. The van der Waals surface area contributed by atoms with Gasteiger partial charge in [-0.05, 0) is 30.7 Å². The first-order valence-corrected chi connectivity index (χ1v) is 7.34. The predicted molar refractivity (Wildman–Crippen MR) is 72.5 cm³/mol. The monoisotopic (exact) mass is 296 g/mol. The first-order valence-electron chi connectivity index (χ1n) is 5.90. The minimum Gasteiger partial charge on any atom is -0.481 e. The maximum atomic E-state index is 12.4. The Hall–Kier alpha value is -1.91. The van der Waals surface area contributed by atoms with Crippen LogP contribution in [0.5, 0.6) is 0 Å². The Labute approximate surface area is 118 Å². The number of rotatable bonds is 5. The van der Waals surface area contributed by atoms with E-state index in [9.17, 15) is 13.2 Å². The maximum absolute atomic E-state index is 12.4. The maximum Gasteiger partial charge on any atom is 0.307 e. The van der Waals surface area contributed by atoms with Gasteiger partial charge in [0.15, 0.2) is 0 Å². The van der Waals surface area contributed by atoms with E-state index in [0.717, 1.165) is 4.31 Å². The molecule has 6 nitrogen and oxygen atoms in total. The molecule has 0 heterocycles. The molecule has 0 spiro atoms. The van der Waals surface area contributed by atoms with Crippen molar-refractivity contribution in [1.29, 1.82) is 5.26 Å². The van der Waals surface area contributed by atoms with Crippen LogP contribution in [0.15, 0.2) is 23.1 Å². The van der Waals surface area contributed by atoms with Crippen LogP contribution in [0, 0.1) is 24.2 Å². The van der Waals surface area contributed by atoms with Gasteiger partial charge < -0.3 is 5.11 Å². The lowest BCUT2D eigenvalue weighted by Crippen LogP contribution is -2.34. The van der Waals surface area contributed by atoms with Gasteiger partial charge in [-0.25, -0.2) is 12.7 Å². The topological polar surface area (TPSA) is 98.5 Å². The summed E-state index contributed by atoms with van der Waals surface area (Å²) in [6.45, 7) is 2.93. The van der Waals surface area contributed by atoms with Crippen molar-refractivity contribution in [1.82, 2.24) is 4.31 Å². The van der Waals surface area contributed by atoms with Gasteiger partial charge in [0.1, 0.15) is 0 Å². The Bertz CT molecular complexity index is 661. The van der Waals surface area contributed by atoms with Crippen LogP contribution in [-0.4, -0.2) is 37.4 Å². The summed E-state index contributed by atoms with van der Waals surface area (Å²) in [5.74, 6) is -1.85. The summed E-state index contributed by atoms with van der Waals surface area (Å²) in [5, 5.41) is 17.6. The number of hydrogen-bond acceptors (Lipinski definition) is 4. The zero-order valence-electron chi connectivity index (χ0n) is 11.5. The SMILES string of the molecule is Cc1cc(C#N)ccc1S(=O)(=O)N(C)CC(C)C(=O)O. The number of hydrogen-bond donors (Lipinski definition) is 1. The lowest BCUT2D eigenvalue weighted by Gasteiger charge is -2.20. The van der Waals surface area contributed by atoms with E-state index in [-0.39, 0.29) is 11.4 Å². The molecule has 1 unspecified atom stereocenters.